The van der Waals surface area contributed by atoms with Crippen LogP contribution in [0.5, 0.6) is 0 Å². The molecule has 2 aromatic carbocycles. The first kappa shape index (κ1) is 18.0. The van der Waals surface area contributed by atoms with Crippen molar-refractivity contribution in [3.05, 3.63) is 95.3 Å². The summed E-state index contributed by atoms with van der Waals surface area (Å²) in [6, 6.07) is 19.4. The van der Waals surface area contributed by atoms with Gasteiger partial charge < -0.3 is 5.32 Å². The van der Waals surface area contributed by atoms with E-state index >= 15 is 0 Å². The van der Waals surface area contributed by atoms with Crippen LogP contribution in [0.4, 0.5) is 5.69 Å². The van der Waals surface area contributed by atoms with E-state index in [-0.39, 0.29) is 11.8 Å². The van der Waals surface area contributed by atoms with E-state index in [0.29, 0.717) is 22.5 Å². The largest absolute Gasteiger partial charge is 0.322 e. The van der Waals surface area contributed by atoms with E-state index in [1.165, 1.54) is 6.21 Å². The normalized spacial score (nSPS) is 10.6. The number of benzene rings is 2. The first-order valence-corrected chi connectivity index (χ1v) is 8.34. The number of anilines is 1. The Labute approximate surface area is 157 Å². The Kier molecular flexibility index (Phi) is 5.69. The summed E-state index contributed by atoms with van der Waals surface area (Å²) in [5.41, 5.74) is 5.56. The van der Waals surface area contributed by atoms with Gasteiger partial charge in [0, 0.05) is 23.0 Å². The summed E-state index contributed by atoms with van der Waals surface area (Å²) in [4.78, 5) is 28.6. The lowest BCUT2D eigenvalue weighted by Gasteiger charge is -2.07. The maximum absolute atomic E-state index is 12.3. The zero-order chi connectivity index (χ0) is 19.1. The van der Waals surface area contributed by atoms with Gasteiger partial charge in [0.2, 0.25) is 0 Å². The molecule has 6 nitrogen and oxygen atoms in total. The van der Waals surface area contributed by atoms with Crippen molar-refractivity contribution in [1.82, 2.24) is 10.4 Å². The minimum atomic E-state index is -0.381. The summed E-state index contributed by atoms with van der Waals surface area (Å²) >= 11 is 0. The third-order valence-electron chi connectivity index (χ3n) is 3.71. The third-order valence-corrected chi connectivity index (χ3v) is 3.71. The molecule has 0 atom stereocenters. The molecule has 3 rings (SSSR count). The van der Waals surface area contributed by atoms with Crippen LogP contribution in [0, 0.1) is 6.92 Å². The van der Waals surface area contributed by atoms with Gasteiger partial charge in [0.15, 0.2) is 0 Å². The summed E-state index contributed by atoms with van der Waals surface area (Å²) in [6.07, 6.45) is 3.10. The molecule has 0 bridgehead atoms. The molecule has 2 amide bonds. The van der Waals surface area contributed by atoms with E-state index < -0.39 is 0 Å². The van der Waals surface area contributed by atoms with Crippen LogP contribution < -0.4 is 10.7 Å². The fraction of sp³-hybridized carbons (Fsp3) is 0.0476. The molecule has 1 aromatic heterocycles. The van der Waals surface area contributed by atoms with Crippen LogP contribution in [0.15, 0.2) is 78.0 Å². The lowest BCUT2D eigenvalue weighted by Crippen LogP contribution is -2.18. The lowest BCUT2D eigenvalue weighted by molar-refractivity contribution is 0.0953. The van der Waals surface area contributed by atoms with Crippen molar-refractivity contribution in [2.45, 2.75) is 6.92 Å². The van der Waals surface area contributed by atoms with Crippen LogP contribution in [0.2, 0.25) is 0 Å². The number of hydrogen-bond acceptors (Lipinski definition) is 4. The van der Waals surface area contributed by atoms with Gasteiger partial charge in [0.1, 0.15) is 0 Å². The van der Waals surface area contributed by atoms with E-state index in [1.807, 2.05) is 25.1 Å². The number of carbonyl (C=O) groups excluding carboxylic acids is 2. The van der Waals surface area contributed by atoms with Gasteiger partial charge in [-0.05, 0) is 49.4 Å². The molecule has 1 heterocycles. The zero-order valence-electron chi connectivity index (χ0n) is 14.7. The van der Waals surface area contributed by atoms with Gasteiger partial charge >= 0.3 is 0 Å². The molecule has 0 aliphatic heterocycles. The first-order chi connectivity index (χ1) is 13.1. The molecule has 0 saturated carbocycles. The highest BCUT2D eigenvalue weighted by molar-refractivity contribution is 6.05. The number of carbonyl (C=O) groups is 2. The number of nitrogens with zero attached hydrogens (tertiary/aromatic N) is 2. The van der Waals surface area contributed by atoms with Gasteiger partial charge in [0.05, 0.1) is 11.9 Å². The Hall–Kier alpha value is -3.80. The molecule has 0 aliphatic carbocycles. The molecule has 0 saturated heterocycles. The van der Waals surface area contributed by atoms with E-state index in [0.717, 1.165) is 5.56 Å². The average Bonchev–Trinajstić information content (AvgIpc) is 2.69. The van der Waals surface area contributed by atoms with E-state index in [4.69, 9.17) is 0 Å². The Balaban J connectivity index is 1.65. The molecule has 0 radical (unpaired) electrons. The number of aryl methyl sites for hydroxylation is 1. The highest BCUT2D eigenvalue weighted by atomic mass is 16.2. The molecular formula is C21H18N4O2. The van der Waals surface area contributed by atoms with Crippen LogP contribution in [0.1, 0.15) is 32.0 Å². The van der Waals surface area contributed by atoms with Crippen LogP contribution in [0.25, 0.3) is 0 Å². The van der Waals surface area contributed by atoms with Crippen molar-refractivity contribution in [2.75, 3.05) is 5.32 Å². The third kappa shape index (κ3) is 5.09. The molecule has 2 N–H and O–H groups in total. The minimum Gasteiger partial charge on any atom is -0.322 e. The predicted molar refractivity (Wildman–Crippen MR) is 105 cm³/mol. The van der Waals surface area contributed by atoms with Crippen LogP contribution in [-0.4, -0.2) is 23.0 Å². The predicted octanol–water partition coefficient (Wildman–Crippen LogP) is 3.41. The van der Waals surface area contributed by atoms with E-state index in [2.05, 4.69) is 20.8 Å². The smallest absolute Gasteiger partial charge is 0.271 e. The first-order valence-electron chi connectivity index (χ1n) is 8.34. The van der Waals surface area contributed by atoms with Gasteiger partial charge in [-0.3, -0.25) is 14.6 Å². The zero-order valence-corrected chi connectivity index (χ0v) is 14.7. The second-order valence-corrected chi connectivity index (χ2v) is 5.86. The fourth-order valence-corrected chi connectivity index (χ4v) is 2.40. The number of hydrogen-bond donors (Lipinski definition) is 2. The number of pyridine rings is 1. The van der Waals surface area contributed by atoms with Crippen molar-refractivity contribution in [1.29, 1.82) is 0 Å². The van der Waals surface area contributed by atoms with Crippen molar-refractivity contribution in [3.63, 3.8) is 0 Å². The number of aromatic nitrogens is 1. The molecule has 0 fully saturated rings. The molecular weight excluding hydrogens is 340 g/mol. The number of hydrazone groups is 1. The molecule has 0 aliphatic rings. The molecule has 27 heavy (non-hydrogen) atoms. The molecule has 134 valence electrons. The summed E-state index contributed by atoms with van der Waals surface area (Å²) in [5.74, 6) is -0.613. The summed E-state index contributed by atoms with van der Waals surface area (Å²) in [7, 11) is 0. The topological polar surface area (TPSA) is 83.5 Å². The quantitative estimate of drug-likeness (QED) is 0.541. The highest BCUT2D eigenvalue weighted by Crippen LogP contribution is 2.13. The fourth-order valence-electron chi connectivity index (χ4n) is 2.40. The number of nitrogens with one attached hydrogen (secondary N) is 2. The minimum absolute atomic E-state index is 0.232. The molecule has 0 spiro atoms. The Morgan fingerprint density at radius 1 is 0.926 bits per heavy atom. The highest BCUT2D eigenvalue weighted by Gasteiger charge is 2.09. The number of amides is 2. The number of rotatable bonds is 5. The molecule has 0 unspecified atom stereocenters. The van der Waals surface area contributed by atoms with Crippen molar-refractivity contribution >= 4 is 23.7 Å². The van der Waals surface area contributed by atoms with E-state index in [1.54, 1.807) is 54.7 Å². The van der Waals surface area contributed by atoms with Gasteiger partial charge in [-0.15, -0.1) is 0 Å². The standard InChI is InChI=1S/C21H18N4O2/c1-15-6-4-7-16(12-15)20(26)24-18-10-5-8-17(13-18)21(27)25-23-14-19-9-2-3-11-22-19/h2-14H,1H3,(H,24,26)(H,25,27)/b23-14-. The maximum Gasteiger partial charge on any atom is 0.271 e. The van der Waals surface area contributed by atoms with Crippen LogP contribution >= 0.6 is 0 Å². The second-order valence-electron chi connectivity index (χ2n) is 5.86. The van der Waals surface area contributed by atoms with Gasteiger partial charge in [-0.2, -0.15) is 5.10 Å². The summed E-state index contributed by atoms with van der Waals surface area (Å²) in [6.45, 7) is 1.92. The monoisotopic (exact) mass is 358 g/mol. The van der Waals surface area contributed by atoms with Crippen molar-refractivity contribution < 1.29 is 9.59 Å². The summed E-state index contributed by atoms with van der Waals surface area (Å²) in [5, 5.41) is 6.69. The van der Waals surface area contributed by atoms with Gasteiger partial charge in [-0.1, -0.05) is 29.8 Å². The lowest BCUT2D eigenvalue weighted by atomic mass is 10.1. The molecule has 3 aromatic rings. The SMILES string of the molecule is Cc1cccc(C(=O)Nc2cccc(C(=O)N/N=C\c3ccccn3)c2)c1. The van der Waals surface area contributed by atoms with Gasteiger partial charge in [-0.25, -0.2) is 5.43 Å². The maximum atomic E-state index is 12.3. The van der Waals surface area contributed by atoms with Crippen molar-refractivity contribution in [3.8, 4) is 0 Å². The Morgan fingerprint density at radius 3 is 2.44 bits per heavy atom. The second kappa shape index (κ2) is 8.53. The van der Waals surface area contributed by atoms with Crippen LogP contribution in [0.3, 0.4) is 0 Å². The molecule has 6 heteroatoms. The van der Waals surface area contributed by atoms with E-state index in [9.17, 15) is 9.59 Å². The van der Waals surface area contributed by atoms with Crippen LogP contribution in [-0.2, 0) is 0 Å². The Morgan fingerprint density at radius 2 is 1.70 bits per heavy atom. The summed E-state index contributed by atoms with van der Waals surface area (Å²) < 4.78 is 0. The Bertz CT molecular complexity index is 984. The average molecular weight is 358 g/mol. The van der Waals surface area contributed by atoms with Crippen molar-refractivity contribution in [2.24, 2.45) is 5.10 Å². The van der Waals surface area contributed by atoms with Gasteiger partial charge in [0.25, 0.3) is 11.8 Å².